The molecule has 0 saturated carbocycles. The highest BCUT2D eigenvalue weighted by molar-refractivity contribution is 6.30. The Labute approximate surface area is 153 Å². The molecule has 1 N–H and O–H groups in total. The first-order chi connectivity index (χ1) is 12.0. The predicted molar refractivity (Wildman–Crippen MR) is 93.2 cm³/mol. The number of halogens is 4. The zero-order chi connectivity index (χ0) is 19.5. The lowest BCUT2D eigenvalue weighted by molar-refractivity contribution is -0.138. The second-order valence-electron chi connectivity index (χ2n) is 6.55. The minimum absolute atomic E-state index is 0.236. The molecule has 0 fully saturated rings. The lowest BCUT2D eigenvalue weighted by Crippen LogP contribution is -2.39. The van der Waals surface area contributed by atoms with Gasteiger partial charge in [0, 0.05) is 29.2 Å². The predicted octanol–water partition coefficient (Wildman–Crippen LogP) is 3.61. The van der Waals surface area contributed by atoms with E-state index in [4.69, 9.17) is 11.6 Å². The maximum Gasteiger partial charge on any atom is 0.417 e. The molecule has 0 aliphatic rings. The normalized spacial score (nSPS) is 12.1. The summed E-state index contributed by atoms with van der Waals surface area (Å²) < 4.78 is 38.9. The van der Waals surface area contributed by atoms with Crippen LogP contribution in [0.2, 0.25) is 5.02 Å². The van der Waals surface area contributed by atoms with Crippen molar-refractivity contribution in [1.82, 2.24) is 9.88 Å². The number of benzene rings is 1. The zero-order valence-electron chi connectivity index (χ0n) is 14.2. The molecule has 4 nitrogen and oxygen atoms in total. The molecule has 1 aromatic carbocycles. The van der Waals surface area contributed by atoms with Crippen LogP contribution in [0.1, 0.15) is 25.0 Å². The summed E-state index contributed by atoms with van der Waals surface area (Å²) >= 11 is 5.97. The zero-order valence-corrected chi connectivity index (χ0v) is 15.0. The van der Waals surface area contributed by atoms with Gasteiger partial charge in [0.1, 0.15) is 6.54 Å². The number of carbonyl (C=O) groups is 1. The Bertz CT molecular complexity index is 860. The van der Waals surface area contributed by atoms with E-state index in [0.717, 1.165) is 16.2 Å². The fourth-order valence-corrected chi connectivity index (χ4v) is 2.55. The van der Waals surface area contributed by atoms with E-state index >= 15 is 0 Å². The van der Waals surface area contributed by atoms with E-state index in [1.807, 2.05) is 19.9 Å². The van der Waals surface area contributed by atoms with Gasteiger partial charge in [-0.3, -0.25) is 9.59 Å². The monoisotopic (exact) mass is 386 g/mol. The average Bonchev–Trinajstić information content (AvgIpc) is 2.54. The van der Waals surface area contributed by atoms with Crippen LogP contribution in [0.3, 0.4) is 0 Å². The number of nitrogens with one attached hydrogen (secondary N) is 1. The van der Waals surface area contributed by atoms with Gasteiger partial charge < -0.3 is 9.88 Å². The van der Waals surface area contributed by atoms with Gasteiger partial charge in [-0.25, -0.2) is 0 Å². The third-order valence-corrected chi connectivity index (χ3v) is 4.19. The van der Waals surface area contributed by atoms with Crippen LogP contribution in [-0.4, -0.2) is 17.0 Å². The first-order valence-electron chi connectivity index (χ1n) is 7.79. The van der Waals surface area contributed by atoms with E-state index in [1.54, 1.807) is 18.2 Å². The summed E-state index contributed by atoms with van der Waals surface area (Å²) in [5.41, 5.74) is -1.20. The summed E-state index contributed by atoms with van der Waals surface area (Å²) in [6.07, 6.45) is -3.94. The summed E-state index contributed by atoms with van der Waals surface area (Å²) in [7, 11) is 0. The Morgan fingerprint density at radius 3 is 2.46 bits per heavy atom. The maximum absolute atomic E-state index is 12.7. The van der Waals surface area contributed by atoms with Gasteiger partial charge in [-0.2, -0.15) is 13.2 Å². The summed E-state index contributed by atoms with van der Waals surface area (Å²) in [5, 5.41) is 3.22. The first-order valence-corrected chi connectivity index (χ1v) is 8.17. The molecule has 2 rings (SSSR count). The topological polar surface area (TPSA) is 51.1 Å². The van der Waals surface area contributed by atoms with Crippen LogP contribution in [0.5, 0.6) is 0 Å². The molecule has 2 aromatic rings. The van der Waals surface area contributed by atoms with Crippen molar-refractivity contribution in [3.8, 4) is 0 Å². The lowest BCUT2D eigenvalue weighted by atomic mass is 9.84. The molecule has 0 aliphatic carbocycles. The standard InChI is InChI=1S/C18H18ClF3N2O2/c1-17(2,12-4-3-5-14(19)8-12)11-23-15(25)10-24-9-13(18(20,21)22)6-7-16(24)26/h3-9H,10-11H2,1-2H3,(H,23,25). The number of rotatable bonds is 5. The molecule has 1 amide bonds. The van der Waals surface area contributed by atoms with Crippen molar-refractivity contribution in [2.24, 2.45) is 0 Å². The lowest BCUT2D eigenvalue weighted by Gasteiger charge is -2.26. The van der Waals surface area contributed by atoms with E-state index in [9.17, 15) is 22.8 Å². The number of aromatic nitrogens is 1. The van der Waals surface area contributed by atoms with E-state index in [2.05, 4.69) is 5.32 Å². The smallest absolute Gasteiger partial charge is 0.354 e. The van der Waals surface area contributed by atoms with Crippen LogP contribution in [0.15, 0.2) is 47.4 Å². The van der Waals surface area contributed by atoms with Crippen LogP contribution < -0.4 is 10.9 Å². The van der Waals surface area contributed by atoms with Crippen molar-refractivity contribution in [3.63, 3.8) is 0 Å². The summed E-state index contributed by atoms with van der Waals surface area (Å²) in [6, 6.07) is 8.68. The Morgan fingerprint density at radius 2 is 1.85 bits per heavy atom. The summed E-state index contributed by atoms with van der Waals surface area (Å²) in [6.45, 7) is 3.54. The number of nitrogens with zero attached hydrogens (tertiary/aromatic N) is 1. The first kappa shape index (κ1) is 20.0. The summed E-state index contributed by atoms with van der Waals surface area (Å²) in [4.78, 5) is 23.8. The van der Waals surface area contributed by atoms with Gasteiger partial charge in [-0.1, -0.05) is 37.6 Å². The van der Waals surface area contributed by atoms with E-state index in [-0.39, 0.29) is 6.54 Å². The molecule has 0 atom stereocenters. The number of amides is 1. The molecule has 26 heavy (non-hydrogen) atoms. The van der Waals surface area contributed by atoms with Gasteiger partial charge in [-0.15, -0.1) is 0 Å². The summed E-state index contributed by atoms with van der Waals surface area (Å²) in [5.74, 6) is -0.554. The molecular formula is C18H18ClF3N2O2. The van der Waals surface area contributed by atoms with E-state index in [1.165, 1.54) is 0 Å². The highest BCUT2D eigenvalue weighted by atomic mass is 35.5. The molecule has 0 bridgehead atoms. The second-order valence-corrected chi connectivity index (χ2v) is 6.99. The Kier molecular flexibility index (Phi) is 5.81. The van der Waals surface area contributed by atoms with E-state index < -0.39 is 35.2 Å². The fraction of sp³-hybridized carbons (Fsp3) is 0.333. The third-order valence-electron chi connectivity index (χ3n) is 3.96. The van der Waals surface area contributed by atoms with Crippen molar-refractivity contribution in [2.75, 3.05) is 6.54 Å². The highest BCUT2D eigenvalue weighted by Crippen LogP contribution is 2.28. The highest BCUT2D eigenvalue weighted by Gasteiger charge is 2.31. The van der Waals surface area contributed by atoms with Crippen LogP contribution in [0.4, 0.5) is 13.2 Å². The van der Waals surface area contributed by atoms with Gasteiger partial charge >= 0.3 is 6.18 Å². The van der Waals surface area contributed by atoms with Crippen LogP contribution in [0.25, 0.3) is 0 Å². The molecule has 8 heteroatoms. The molecular weight excluding hydrogens is 369 g/mol. The number of carbonyl (C=O) groups excluding carboxylic acids is 1. The Morgan fingerprint density at radius 1 is 1.15 bits per heavy atom. The number of hydrogen-bond acceptors (Lipinski definition) is 2. The molecule has 1 aromatic heterocycles. The number of hydrogen-bond donors (Lipinski definition) is 1. The van der Waals surface area contributed by atoms with E-state index in [0.29, 0.717) is 17.3 Å². The van der Waals surface area contributed by atoms with Crippen LogP contribution in [0, 0.1) is 0 Å². The van der Waals surface area contributed by atoms with Crippen molar-refractivity contribution < 1.29 is 18.0 Å². The van der Waals surface area contributed by atoms with Crippen LogP contribution >= 0.6 is 11.6 Å². The minimum atomic E-state index is -4.58. The molecule has 0 radical (unpaired) electrons. The van der Waals surface area contributed by atoms with Crippen molar-refractivity contribution in [2.45, 2.75) is 32.0 Å². The van der Waals surface area contributed by atoms with Crippen LogP contribution in [-0.2, 0) is 22.9 Å². The quantitative estimate of drug-likeness (QED) is 0.853. The van der Waals surface area contributed by atoms with Crippen molar-refractivity contribution in [1.29, 1.82) is 0 Å². The minimum Gasteiger partial charge on any atom is -0.354 e. The third kappa shape index (κ3) is 5.11. The van der Waals surface area contributed by atoms with Crippen molar-refractivity contribution >= 4 is 17.5 Å². The van der Waals surface area contributed by atoms with Gasteiger partial charge in [-0.05, 0) is 23.8 Å². The molecule has 0 unspecified atom stereocenters. The van der Waals surface area contributed by atoms with Gasteiger partial charge in [0.2, 0.25) is 5.91 Å². The molecule has 0 saturated heterocycles. The van der Waals surface area contributed by atoms with Gasteiger partial charge in [0.15, 0.2) is 0 Å². The SMILES string of the molecule is CC(C)(CNC(=O)Cn1cc(C(F)(F)F)ccc1=O)c1cccc(Cl)c1. The van der Waals surface area contributed by atoms with Gasteiger partial charge in [0.25, 0.3) is 5.56 Å². The Hall–Kier alpha value is -2.28. The largest absolute Gasteiger partial charge is 0.417 e. The van der Waals surface area contributed by atoms with Gasteiger partial charge in [0.05, 0.1) is 5.56 Å². The van der Waals surface area contributed by atoms with Crippen molar-refractivity contribution in [3.05, 3.63) is 69.1 Å². The number of alkyl halides is 3. The molecule has 0 spiro atoms. The molecule has 0 aliphatic heterocycles. The Balaban J connectivity index is 2.06. The maximum atomic E-state index is 12.7. The molecule has 140 valence electrons. The fourth-order valence-electron chi connectivity index (χ4n) is 2.36. The number of pyridine rings is 1. The second kappa shape index (κ2) is 7.53. The average molecular weight is 387 g/mol. The molecule has 1 heterocycles.